The molecule has 0 aromatic heterocycles. The summed E-state index contributed by atoms with van der Waals surface area (Å²) in [7, 11) is 0. The van der Waals surface area contributed by atoms with E-state index < -0.39 is 5.97 Å². The molecule has 0 unspecified atom stereocenters. The van der Waals surface area contributed by atoms with Crippen LogP contribution in [0.2, 0.25) is 0 Å². The first-order valence-corrected chi connectivity index (χ1v) is 13.3. The number of aliphatic carboxylic acids is 1. The fourth-order valence-electron chi connectivity index (χ4n) is 2.62. The third-order valence-electron chi connectivity index (χ3n) is 4.54. The molecular formula is C25H49NO12. The molecule has 13 nitrogen and oxygen atoms in total. The number of carboxylic acid groups (broad SMARTS) is 1. The number of carbonyl (C=O) groups excluding carboxylic acids is 1. The molecule has 1 amide bonds. The lowest BCUT2D eigenvalue weighted by molar-refractivity contribution is -0.137. The standard InChI is InChI=1S/C25H49NO12/c1-2-30-8-9-32-12-13-34-16-17-36-20-21-38-23-22-37-19-18-35-15-14-33-11-10-31-7-5-24(27)26-6-3-4-25(28)29/h2-23H2,1H3,(H,26,27)(H,28,29). The molecule has 0 atom stereocenters. The number of ether oxygens (including phenoxy) is 9. The van der Waals surface area contributed by atoms with E-state index in [4.69, 9.17) is 47.7 Å². The van der Waals surface area contributed by atoms with E-state index in [1.54, 1.807) is 0 Å². The summed E-state index contributed by atoms with van der Waals surface area (Å²) in [6.07, 6.45) is 0.694. The first-order chi connectivity index (χ1) is 18.7. The van der Waals surface area contributed by atoms with Gasteiger partial charge in [0, 0.05) is 26.0 Å². The SMILES string of the molecule is CCOCCOCCOCCOCCOCCOCCOCCOCCOCCC(=O)NCCCC(=O)O. The Labute approximate surface area is 226 Å². The molecule has 0 saturated heterocycles. The lowest BCUT2D eigenvalue weighted by atomic mass is 10.3. The predicted molar refractivity (Wildman–Crippen MR) is 138 cm³/mol. The molecular weight excluding hydrogens is 506 g/mol. The minimum atomic E-state index is -0.870. The van der Waals surface area contributed by atoms with Gasteiger partial charge in [0.1, 0.15) is 0 Å². The van der Waals surface area contributed by atoms with Crippen LogP contribution in [0, 0.1) is 0 Å². The number of carbonyl (C=O) groups is 2. The van der Waals surface area contributed by atoms with Crippen molar-refractivity contribution >= 4 is 11.9 Å². The van der Waals surface area contributed by atoms with Crippen LogP contribution in [0.5, 0.6) is 0 Å². The van der Waals surface area contributed by atoms with E-state index in [1.165, 1.54) is 0 Å². The van der Waals surface area contributed by atoms with Gasteiger partial charge in [-0.2, -0.15) is 0 Å². The molecule has 38 heavy (non-hydrogen) atoms. The lowest BCUT2D eigenvalue weighted by Gasteiger charge is -2.09. The Bertz CT molecular complexity index is 513. The van der Waals surface area contributed by atoms with Crippen LogP contribution in [0.25, 0.3) is 0 Å². The second kappa shape index (κ2) is 31.8. The van der Waals surface area contributed by atoms with Crippen LogP contribution in [0.3, 0.4) is 0 Å². The molecule has 0 aromatic rings. The number of rotatable bonds is 32. The minimum absolute atomic E-state index is 0.0439. The number of hydrogen-bond acceptors (Lipinski definition) is 11. The zero-order valence-electron chi connectivity index (χ0n) is 23.0. The van der Waals surface area contributed by atoms with E-state index in [0.29, 0.717) is 132 Å². The van der Waals surface area contributed by atoms with E-state index in [9.17, 15) is 9.59 Å². The summed E-state index contributed by atoms with van der Waals surface area (Å²) >= 11 is 0. The minimum Gasteiger partial charge on any atom is -0.481 e. The molecule has 0 bridgehead atoms. The summed E-state index contributed by atoms with van der Waals surface area (Å²) < 4.78 is 48.3. The summed E-state index contributed by atoms with van der Waals surface area (Å²) in [5.74, 6) is -1.03. The Morgan fingerprint density at radius 2 is 0.816 bits per heavy atom. The summed E-state index contributed by atoms with van der Waals surface area (Å²) in [5, 5.41) is 11.2. The fourth-order valence-corrected chi connectivity index (χ4v) is 2.62. The highest BCUT2D eigenvalue weighted by Gasteiger charge is 2.02. The summed E-state index contributed by atoms with van der Waals surface area (Å²) in [5.41, 5.74) is 0. The highest BCUT2D eigenvalue weighted by molar-refractivity contribution is 5.76. The zero-order valence-corrected chi connectivity index (χ0v) is 23.0. The average Bonchev–Trinajstić information content (AvgIpc) is 2.90. The van der Waals surface area contributed by atoms with Crippen molar-refractivity contribution in [3.8, 4) is 0 Å². The van der Waals surface area contributed by atoms with Crippen molar-refractivity contribution < 1.29 is 57.3 Å². The Balaban J connectivity index is 3.09. The molecule has 0 heterocycles. The van der Waals surface area contributed by atoms with Crippen LogP contribution >= 0.6 is 0 Å². The second-order valence-corrected chi connectivity index (χ2v) is 7.69. The molecule has 0 aromatic carbocycles. The van der Waals surface area contributed by atoms with Gasteiger partial charge in [-0.25, -0.2) is 0 Å². The van der Waals surface area contributed by atoms with Gasteiger partial charge >= 0.3 is 5.97 Å². The molecule has 0 rings (SSSR count). The molecule has 0 spiro atoms. The molecule has 0 radical (unpaired) electrons. The maximum atomic E-state index is 11.5. The molecule has 0 aliphatic heterocycles. The Morgan fingerprint density at radius 1 is 0.500 bits per heavy atom. The van der Waals surface area contributed by atoms with Crippen molar-refractivity contribution in [2.45, 2.75) is 26.2 Å². The molecule has 226 valence electrons. The topological polar surface area (TPSA) is 149 Å². The highest BCUT2D eigenvalue weighted by atomic mass is 16.6. The van der Waals surface area contributed by atoms with E-state index in [1.807, 2.05) is 6.92 Å². The van der Waals surface area contributed by atoms with Crippen molar-refractivity contribution in [2.75, 3.05) is 125 Å². The maximum Gasteiger partial charge on any atom is 0.303 e. The van der Waals surface area contributed by atoms with Gasteiger partial charge in [0.15, 0.2) is 0 Å². The van der Waals surface area contributed by atoms with Crippen LogP contribution in [-0.4, -0.2) is 142 Å². The Hall–Kier alpha value is -1.42. The van der Waals surface area contributed by atoms with E-state index >= 15 is 0 Å². The smallest absolute Gasteiger partial charge is 0.303 e. The molecule has 13 heteroatoms. The zero-order chi connectivity index (χ0) is 27.8. The molecule has 2 N–H and O–H groups in total. The van der Waals surface area contributed by atoms with E-state index in [0.717, 1.165) is 0 Å². The van der Waals surface area contributed by atoms with Crippen LogP contribution in [0.15, 0.2) is 0 Å². The van der Waals surface area contributed by atoms with Gasteiger partial charge < -0.3 is 53.1 Å². The second-order valence-electron chi connectivity index (χ2n) is 7.69. The van der Waals surface area contributed by atoms with E-state index in [-0.39, 0.29) is 18.7 Å². The quantitative estimate of drug-likeness (QED) is 0.111. The number of carboxylic acids is 1. The van der Waals surface area contributed by atoms with Crippen molar-refractivity contribution in [2.24, 2.45) is 0 Å². The van der Waals surface area contributed by atoms with Crippen LogP contribution in [0.1, 0.15) is 26.2 Å². The van der Waals surface area contributed by atoms with Gasteiger partial charge in [-0.3, -0.25) is 9.59 Å². The fraction of sp³-hybridized carbons (Fsp3) is 0.920. The van der Waals surface area contributed by atoms with Gasteiger partial charge in [-0.1, -0.05) is 0 Å². The van der Waals surface area contributed by atoms with Gasteiger partial charge in [0.05, 0.1) is 112 Å². The lowest BCUT2D eigenvalue weighted by Crippen LogP contribution is -2.26. The average molecular weight is 556 g/mol. The molecule has 0 saturated carbocycles. The first-order valence-electron chi connectivity index (χ1n) is 13.3. The Kier molecular flexibility index (Phi) is 30.6. The van der Waals surface area contributed by atoms with Crippen molar-refractivity contribution in [3.63, 3.8) is 0 Å². The summed E-state index contributed by atoms with van der Waals surface area (Å²) in [6, 6.07) is 0. The van der Waals surface area contributed by atoms with Gasteiger partial charge in [0.2, 0.25) is 5.91 Å². The summed E-state index contributed by atoms with van der Waals surface area (Å²) in [4.78, 5) is 21.9. The molecule has 0 fully saturated rings. The van der Waals surface area contributed by atoms with Crippen LogP contribution in [0.4, 0.5) is 0 Å². The number of nitrogens with one attached hydrogen (secondary N) is 1. The number of amides is 1. The first kappa shape index (κ1) is 36.6. The Morgan fingerprint density at radius 3 is 1.13 bits per heavy atom. The van der Waals surface area contributed by atoms with Crippen LogP contribution < -0.4 is 5.32 Å². The van der Waals surface area contributed by atoms with Crippen molar-refractivity contribution in [1.82, 2.24) is 5.32 Å². The maximum absolute atomic E-state index is 11.5. The molecule has 0 aliphatic rings. The monoisotopic (exact) mass is 555 g/mol. The molecule has 0 aliphatic carbocycles. The normalized spacial score (nSPS) is 11.2. The third-order valence-corrected chi connectivity index (χ3v) is 4.54. The highest BCUT2D eigenvalue weighted by Crippen LogP contribution is 1.89. The number of hydrogen-bond donors (Lipinski definition) is 2. The predicted octanol–water partition coefficient (Wildman–Crippen LogP) is 0.527. The van der Waals surface area contributed by atoms with Crippen molar-refractivity contribution in [3.05, 3.63) is 0 Å². The third kappa shape index (κ3) is 32.6. The van der Waals surface area contributed by atoms with Gasteiger partial charge in [0.25, 0.3) is 0 Å². The van der Waals surface area contributed by atoms with Gasteiger partial charge in [-0.05, 0) is 13.3 Å². The van der Waals surface area contributed by atoms with Gasteiger partial charge in [-0.15, -0.1) is 0 Å². The summed E-state index contributed by atoms with van der Waals surface area (Å²) in [6.45, 7) is 11.3. The van der Waals surface area contributed by atoms with Crippen molar-refractivity contribution in [1.29, 1.82) is 0 Å². The van der Waals surface area contributed by atoms with E-state index in [2.05, 4.69) is 5.32 Å². The van der Waals surface area contributed by atoms with Crippen LogP contribution in [-0.2, 0) is 52.2 Å². The largest absolute Gasteiger partial charge is 0.481 e.